The average Bonchev–Trinajstić information content (AvgIpc) is 3.18. The number of hydrogen-bond acceptors (Lipinski definition) is 4. The second kappa shape index (κ2) is 7.18. The molecule has 5 rings (SSSR count). The fourth-order valence-corrected chi connectivity index (χ4v) is 4.64. The van der Waals surface area contributed by atoms with Gasteiger partial charge in [-0.2, -0.15) is 0 Å². The zero-order chi connectivity index (χ0) is 19.8. The van der Waals surface area contributed by atoms with E-state index in [-0.39, 0.29) is 5.56 Å². The van der Waals surface area contributed by atoms with Crippen LogP contribution in [0, 0.1) is 0 Å². The van der Waals surface area contributed by atoms with Gasteiger partial charge in [0.05, 0.1) is 12.5 Å². The summed E-state index contributed by atoms with van der Waals surface area (Å²) in [7, 11) is 1.65. The standard InChI is InChI=1S/C24H18N2O2S/c1-28-20-9-5-4-8-18(20)13-21-25-23(27)22-19(14-29-24(22)26-21)17-11-10-15-6-2-3-7-16(15)12-17/h2-12,14H,13H2,1H3,(H,25,26,27). The molecule has 142 valence electrons. The molecule has 0 bridgehead atoms. The van der Waals surface area contributed by atoms with E-state index in [9.17, 15) is 4.79 Å². The Morgan fingerprint density at radius 3 is 2.66 bits per heavy atom. The van der Waals surface area contributed by atoms with Gasteiger partial charge < -0.3 is 9.72 Å². The van der Waals surface area contributed by atoms with E-state index in [1.807, 2.05) is 41.8 Å². The highest BCUT2D eigenvalue weighted by molar-refractivity contribution is 7.17. The zero-order valence-corrected chi connectivity index (χ0v) is 16.6. The lowest BCUT2D eigenvalue weighted by molar-refractivity contribution is 0.410. The van der Waals surface area contributed by atoms with Gasteiger partial charge in [-0.15, -0.1) is 11.3 Å². The van der Waals surface area contributed by atoms with Crippen LogP contribution in [0.1, 0.15) is 11.4 Å². The third kappa shape index (κ3) is 3.19. The van der Waals surface area contributed by atoms with E-state index in [2.05, 4.69) is 35.3 Å². The summed E-state index contributed by atoms with van der Waals surface area (Å²) in [4.78, 5) is 21.4. The highest BCUT2D eigenvalue weighted by Gasteiger charge is 2.14. The van der Waals surface area contributed by atoms with Crippen LogP contribution in [-0.2, 0) is 6.42 Å². The van der Waals surface area contributed by atoms with Crippen LogP contribution in [0.3, 0.4) is 0 Å². The Balaban J connectivity index is 1.58. The average molecular weight is 398 g/mol. The monoisotopic (exact) mass is 398 g/mol. The molecule has 5 heteroatoms. The van der Waals surface area contributed by atoms with Gasteiger partial charge in [-0.25, -0.2) is 4.98 Å². The Hall–Kier alpha value is -3.44. The Morgan fingerprint density at radius 1 is 1.00 bits per heavy atom. The van der Waals surface area contributed by atoms with Crippen molar-refractivity contribution >= 4 is 32.3 Å². The highest BCUT2D eigenvalue weighted by atomic mass is 32.1. The van der Waals surface area contributed by atoms with E-state index in [1.165, 1.54) is 16.7 Å². The maximum atomic E-state index is 12.9. The molecule has 0 atom stereocenters. The van der Waals surface area contributed by atoms with Crippen molar-refractivity contribution in [1.82, 2.24) is 9.97 Å². The van der Waals surface area contributed by atoms with Gasteiger partial charge in [0.1, 0.15) is 16.4 Å². The van der Waals surface area contributed by atoms with Crippen LogP contribution < -0.4 is 10.3 Å². The molecule has 0 aliphatic heterocycles. The highest BCUT2D eigenvalue weighted by Crippen LogP contribution is 2.32. The lowest BCUT2D eigenvalue weighted by atomic mass is 10.0. The molecule has 0 radical (unpaired) electrons. The summed E-state index contributed by atoms with van der Waals surface area (Å²) in [5, 5.41) is 5.00. The molecule has 0 spiro atoms. The first-order valence-electron chi connectivity index (χ1n) is 9.34. The van der Waals surface area contributed by atoms with Gasteiger partial charge in [-0.3, -0.25) is 4.79 Å². The molecule has 1 N–H and O–H groups in total. The normalized spacial score (nSPS) is 11.2. The Kier molecular flexibility index (Phi) is 4.37. The zero-order valence-electron chi connectivity index (χ0n) is 15.8. The fraction of sp³-hybridized carbons (Fsp3) is 0.0833. The number of fused-ring (bicyclic) bond motifs is 2. The van der Waals surface area contributed by atoms with Gasteiger partial charge in [-0.05, 0) is 28.5 Å². The summed E-state index contributed by atoms with van der Waals surface area (Å²) < 4.78 is 5.42. The van der Waals surface area contributed by atoms with Crippen LogP contribution in [0.5, 0.6) is 5.75 Å². The lowest BCUT2D eigenvalue weighted by Crippen LogP contribution is -2.12. The summed E-state index contributed by atoms with van der Waals surface area (Å²) >= 11 is 1.50. The molecule has 2 aromatic heterocycles. The van der Waals surface area contributed by atoms with E-state index in [1.54, 1.807) is 7.11 Å². The van der Waals surface area contributed by atoms with Crippen molar-refractivity contribution in [2.75, 3.05) is 7.11 Å². The summed E-state index contributed by atoms with van der Waals surface area (Å²) in [6.45, 7) is 0. The second-order valence-corrected chi connectivity index (χ2v) is 7.75. The minimum Gasteiger partial charge on any atom is -0.496 e. The summed E-state index contributed by atoms with van der Waals surface area (Å²) in [5.74, 6) is 1.43. The van der Waals surface area contributed by atoms with Crippen LogP contribution in [0.25, 0.3) is 32.1 Å². The first kappa shape index (κ1) is 17.6. The van der Waals surface area contributed by atoms with Gasteiger partial charge in [0.15, 0.2) is 0 Å². The molecular formula is C24H18N2O2S. The smallest absolute Gasteiger partial charge is 0.260 e. The largest absolute Gasteiger partial charge is 0.496 e. The van der Waals surface area contributed by atoms with Crippen molar-refractivity contribution in [3.05, 3.63) is 93.9 Å². The van der Waals surface area contributed by atoms with E-state index in [4.69, 9.17) is 9.72 Å². The van der Waals surface area contributed by atoms with Gasteiger partial charge in [0, 0.05) is 22.9 Å². The number of rotatable bonds is 4. The third-order valence-electron chi connectivity index (χ3n) is 5.10. The van der Waals surface area contributed by atoms with Crippen LogP contribution in [0.4, 0.5) is 0 Å². The van der Waals surface area contributed by atoms with Crippen molar-refractivity contribution in [2.45, 2.75) is 6.42 Å². The van der Waals surface area contributed by atoms with Crippen molar-refractivity contribution in [1.29, 1.82) is 0 Å². The lowest BCUT2D eigenvalue weighted by Gasteiger charge is -2.08. The predicted molar refractivity (Wildman–Crippen MR) is 119 cm³/mol. The SMILES string of the molecule is COc1ccccc1Cc1nc2scc(-c3ccc4ccccc4c3)c2c(=O)[nH]1. The molecule has 0 saturated heterocycles. The van der Waals surface area contributed by atoms with Crippen molar-refractivity contribution in [3.8, 4) is 16.9 Å². The molecule has 5 aromatic rings. The minimum atomic E-state index is -0.107. The van der Waals surface area contributed by atoms with Crippen LogP contribution in [0.2, 0.25) is 0 Å². The van der Waals surface area contributed by atoms with Crippen LogP contribution >= 0.6 is 11.3 Å². The molecule has 0 saturated carbocycles. The van der Waals surface area contributed by atoms with Crippen LogP contribution in [-0.4, -0.2) is 17.1 Å². The Morgan fingerprint density at radius 2 is 1.79 bits per heavy atom. The van der Waals surface area contributed by atoms with Crippen molar-refractivity contribution in [3.63, 3.8) is 0 Å². The van der Waals surface area contributed by atoms with Crippen molar-refractivity contribution < 1.29 is 4.74 Å². The molecule has 3 aromatic carbocycles. The molecular weight excluding hydrogens is 380 g/mol. The number of aromatic nitrogens is 2. The number of para-hydroxylation sites is 1. The molecule has 0 fully saturated rings. The van der Waals surface area contributed by atoms with E-state index < -0.39 is 0 Å². The molecule has 2 heterocycles. The Labute approximate surface area is 171 Å². The fourth-order valence-electron chi connectivity index (χ4n) is 3.68. The number of thiophene rings is 1. The first-order valence-corrected chi connectivity index (χ1v) is 10.2. The van der Waals surface area contributed by atoms with Gasteiger partial charge in [0.25, 0.3) is 5.56 Å². The quantitative estimate of drug-likeness (QED) is 0.441. The van der Waals surface area contributed by atoms with Crippen molar-refractivity contribution in [2.24, 2.45) is 0 Å². The summed E-state index contributed by atoms with van der Waals surface area (Å²) in [6.07, 6.45) is 0.512. The van der Waals surface area contributed by atoms with E-state index in [0.29, 0.717) is 17.6 Å². The van der Waals surface area contributed by atoms with Gasteiger partial charge >= 0.3 is 0 Å². The first-order chi connectivity index (χ1) is 14.2. The maximum absolute atomic E-state index is 12.9. The number of ether oxygens (including phenoxy) is 1. The van der Waals surface area contributed by atoms with E-state index in [0.717, 1.165) is 32.7 Å². The minimum absolute atomic E-state index is 0.107. The van der Waals surface area contributed by atoms with E-state index >= 15 is 0 Å². The molecule has 4 nitrogen and oxygen atoms in total. The van der Waals surface area contributed by atoms with Gasteiger partial charge in [0.2, 0.25) is 0 Å². The molecule has 29 heavy (non-hydrogen) atoms. The maximum Gasteiger partial charge on any atom is 0.260 e. The topological polar surface area (TPSA) is 55.0 Å². The number of nitrogens with one attached hydrogen (secondary N) is 1. The third-order valence-corrected chi connectivity index (χ3v) is 5.98. The predicted octanol–water partition coefficient (Wildman–Crippen LogP) is 5.40. The number of methoxy groups -OCH3 is 1. The number of hydrogen-bond donors (Lipinski definition) is 1. The molecule has 0 aliphatic carbocycles. The summed E-state index contributed by atoms with van der Waals surface area (Å²) in [6, 6.07) is 22.3. The number of benzene rings is 3. The molecule has 0 unspecified atom stereocenters. The molecule has 0 amide bonds. The van der Waals surface area contributed by atoms with Gasteiger partial charge in [-0.1, -0.05) is 54.6 Å². The van der Waals surface area contributed by atoms with Crippen LogP contribution in [0.15, 0.2) is 76.9 Å². The number of H-pyrrole nitrogens is 1. The molecule has 0 aliphatic rings. The second-order valence-electron chi connectivity index (χ2n) is 6.89. The number of nitrogens with zero attached hydrogens (tertiary/aromatic N) is 1. The number of aromatic amines is 1. The Bertz CT molecular complexity index is 1400. The summed E-state index contributed by atoms with van der Waals surface area (Å²) in [5.41, 5.74) is 2.83.